The van der Waals surface area contributed by atoms with Crippen LogP contribution in [0, 0.1) is 17.8 Å². The fourth-order valence-electron chi connectivity index (χ4n) is 8.94. The van der Waals surface area contributed by atoms with Gasteiger partial charge in [-0.2, -0.15) is 13.2 Å². The van der Waals surface area contributed by atoms with Gasteiger partial charge in [0.2, 0.25) is 27.7 Å². The molecule has 4 heterocycles. The molecule has 4 aliphatic rings. The van der Waals surface area contributed by atoms with Crippen LogP contribution < -0.4 is 24.2 Å². The van der Waals surface area contributed by atoms with Gasteiger partial charge in [0.1, 0.15) is 41.3 Å². The van der Waals surface area contributed by atoms with Gasteiger partial charge < -0.3 is 29.5 Å². The monoisotopic (exact) mass is 928 g/mol. The van der Waals surface area contributed by atoms with Crippen molar-refractivity contribution in [3.05, 3.63) is 54.7 Å². The number of hydrogen-bond acceptors (Lipinski definition) is 11. The number of pyridine rings is 2. The molecule has 2 saturated carbocycles. The summed E-state index contributed by atoms with van der Waals surface area (Å²) in [5.74, 6) is -3.57. The van der Waals surface area contributed by atoms with E-state index in [9.17, 15) is 41.1 Å². The standard InChI is InChI=1S/C45H55F3N6O10S/c1-24(2)63-31-12-16-35(49-22-31)36-19-28-18-30(62-6)11-15-34(28)40(50-36)64-32-20-37-39(55)51-44(42(57)52-65(60,61)33-13-14-33)21-29(44)10-8-7-9-25(3)17-26(4)38(41(56)53(37)23-32)54(43(58)59)27(5)45(46,47)48/h8,10-12,15-16,18-19,22,24-27,29,32-33,37-38H,7,9,13-14,17,20-21,23H2,1-6H3,(H,51,55)(H,52,57)(H,58,59)/t25-,26-,27-,29-,32-,37+,38+,44-/m1/s1. The number of carbonyl (C=O) groups is 4. The summed E-state index contributed by atoms with van der Waals surface area (Å²) in [6.07, 6.45) is -1.47. The number of ether oxygens (including phenoxy) is 3. The summed E-state index contributed by atoms with van der Waals surface area (Å²) in [4.78, 5) is 67.1. The van der Waals surface area contributed by atoms with Crippen molar-refractivity contribution in [3.8, 4) is 28.8 Å². The van der Waals surface area contributed by atoms with Crippen molar-refractivity contribution in [1.82, 2.24) is 29.8 Å². The maximum absolute atomic E-state index is 15.1. The highest BCUT2D eigenvalue weighted by atomic mass is 32.2. The molecule has 2 aliphatic carbocycles. The lowest BCUT2D eigenvalue weighted by Gasteiger charge is -2.40. The molecule has 2 aliphatic heterocycles. The number of carbonyl (C=O) groups excluding carboxylic acids is 3. The Morgan fingerprint density at radius 1 is 1.03 bits per heavy atom. The van der Waals surface area contributed by atoms with Crippen LogP contribution in [-0.4, -0.2) is 118 Å². The van der Waals surface area contributed by atoms with E-state index in [0.29, 0.717) is 66.3 Å². The molecule has 3 aromatic rings. The average Bonchev–Trinajstić information content (AvgIpc) is 4.17. The molecule has 1 saturated heterocycles. The van der Waals surface area contributed by atoms with E-state index in [0.717, 1.165) is 4.90 Å². The lowest BCUT2D eigenvalue weighted by molar-refractivity contribution is -0.184. The van der Waals surface area contributed by atoms with Crippen molar-refractivity contribution in [2.75, 3.05) is 13.7 Å². The number of benzene rings is 1. The van der Waals surface area contributed by atoms with Gasteiger partial charge in [-0.1, -0.05) is 26.0 Å². The van der Waals surface area contributed by atoms with Crippen LogP contribution in [0.15, 0.2) is 54.7 Å². The normalized spacial score (nSPS) is 26.8. The molecule has 0 bridgehead atoms. The summed E-state index contributed by atoms with van der Waals surface area (Å²) in [7, 11) is -2.54. The van der Waals surface area contributed by atoms with Gasteiger partial charge in [-0.25, -0.2) is 18.2 Å². The Balaban J connectivity index is 1.30. The molecule has 0 spiro atoms. The zero-order valence-electron chi connectivity index (χ0n) is 37.0. The molecular weight excluding hydrogens is 874 g/mol. The summed E-state index contributed by atoms with van der Waals surface area (Å²) in [6, 6.07) is 4.34. The number of aromatic nitrogens is 2. The Bertz CT molecular complexity index is 2450. The van der Waals surface area contributed by atoms with Crippen LogP contribution in [-0.2, 0) is 24.4 Å². The molecule has 3 fully saturated rings. The highest BCUT2D eigenvalue weighted by molar-refractivity contribution is 7.91. The zero-order valence-corrected chi connectivity index (χ0v) is 37.8. The van der Waals surface area contributed by atoms with Gasteiger partial charge in [0, 0.05) is 17.7 Å². The largest absolute Gasteiger partial charge is 0.497 e. The van der Waals surface area contributed by atoms with E-state index < -0.39 is 93.4 Å². The number of nitrogens with one attached hydrogen (secondary N) is 2. The Kier molecular flexibility index (Phi) is 13.3. The molecule has 20 heteroatoms. The molecule has 1 aromatic carbocycles. The molecule has 352 valence electrons. The Morgan fingerprint density at radius 3 is 2.38 bits per heavy atom. The third kappa shape index (κ3) is 10.3. The van der Waals surface area contributed by atoms with Gasteiger partial charge in [-0.05, 0) is 113 Å². The first-order valence-corrected chi connectivity index (χ1v) is 23.4. The van der Waals surface area contributed by atoms with Gasteiger partial charge >= 0.3 is 12.3 Å². The molecule has 2 aromatic heterocycles. The molecule has 8 atom stereocenters. The van der Waals surface area contributed by atoms with Gasteiger partial charge in [-0.3, -0.25) is 29.0 Å². The summed E-state index contributed by atoms with van der Waals surface area (Å²) in [5.41, 5.74) is -0.905. The van der Waals surface area contributed by atoms with Crippen molar-refractivity contribution in [3.63, 3.8) is 0 Å². The molecule has 0 radical (unpaired) electrons. The van der Waals surface area contributed by atoms with Crippen molar-refractivity contribution in [2.24, 2.45) is 17.8 Å². The van der Waals surface area contributed by atoms with E-state index in [2.05, 4.69) is 15.0 Å². The van der Waals surface area contributed by atoms with Crippen LogP contribution in [0.25, 0.3) is 22.2 Å². The van der Waals surface area contributed by atoms with E-state index in [4.69, 9.17) is 19.2 Å². The number of carboxylic acid groups (broad SMARTS) is 1. The van der Waals surface area contributed by atoms with Crippen molar-refractivity contribution < 1.29 is 60.1 Å². The lowest BCUT2D eigenvalue weighted by atomic mass is 9.86. The highest BCUT2D eigenvalue weighted by Gasteiger charge is 2.62. The number of methoxy groups -OCH3 is 1. The predicted molar refractivity (Wildman–Crippen MR) is 231 cm³/mol. The van der Waals surface area contributed by atoms with Gasteiger partial charge in [0.05, 0.1) is 42.6 Å². The second-order valence-electron chi connectivity index (χ2n) is 18.1. The second kappa shape index (κ2) is 18.3. The lowest BCUT2D eigenvalue weighted by Crippen LogP contribution is -2.62. The fourth-order valence-corrected chi connectivity index (χ4v) is 10.3. The first-order valence-electron chi connectivity index (χ1n) is 21.8. The number of rotatable bonds is 11. The quantitative estimate of drug-likeness (QED) is 0.183. The van der Waals surface area contributed by atoms with E-state index in [1.54, 1.807) is 54.7 Å². The molecule has 4 amide bonds. The summed E-state index contributed by atoms with van der Waals surface area (Å²) >= 11 is 0. The molecule has 3 N–H and O–H groups in total. The SMILES string of the molecule is COc1ccc2c(O[C@@H]3C[C@H]4C(=O)N[C@]5(C(=O)NS(=O)(=O)C6CC6)C[C@H]5C=CCC[C@@H](C)C[C@@H](C)[C@H](N(C(=O)O)[C@H](C)C(F)(F)F)C(=O)N4C3)nc(-c3ccc(OC(C)C)cn3)cc2c1. The van der Waals surface area contributed by atoms with Crippen LogP contribution >= 0.6 is 0 Å². The average molecular weight is 929 g/mol. The van der Waals surface area contributed by atoms with E-state index >= 15 is 4.79 Å². The van der Waals surface area contributed by atoms with E-state index in [-0.39, 0.29) is 42.1 Å². The summed E-state index contributed by atoms with van der Waals surface area (Å²) in [6.45, 7) is 7.40. The van der Waals surface area contributed by atoms with Crippen LogP contribution in [0.4, 0.5) is 18.0 Å². The predicted octanol–water partition coefficient (Wildman–Crippen LogP) is 6.24. The minimum atomic E-state index is -5.06. The third-order valence-electron chi connectivity index (χ3n) is 12.6. The zero-order chi connectivity index (χ0) is 47.2. The number of alkyl halides is 3. The third-order valence-corrected chi connectivity index (χ3v) is 14.5. The number of sulfonamides is 1. The number of halogens is 3. The second-order valence-corrected chi connectivity index (χ2v) is 20.0. The van der Waals surface area contributed by atoms with Gasteiger partial charge in [0.25, 0.3) is 5.91 Å². The van der Waals surface area contributed by atoms with Crippen molar-refractivity contribution in [2.45, 2.75) is 127 Å². The Morgan fingerprint density at radius 2 is 1.75 bits per heavy atom. The highest BCUT2D eigenvalue weighted by Crippen LogP contribution is 2.46. The topological polar surface area (TPSA) is 207 Å². The fraction of sp³-hybridized carbons (Fsp3) is 0.556. The van der Waals surface area contributed by atoms with E-state index in [1.807, 2.05) is 20.8 Å². The Labute approximate surface area is 375 Å². The molecule has 65 heavy (non-hydrogen) atoms. The van der Waals surface area contributed by atoms with Crippen LogP contribution in [0.5, 0.6) is 17.4 Å². The van der Waals surface area contributed by atoms with E-state index in [1.165, 1.54) is 14.0 Å². The number of nitrogens with zero attached hydrogens (tertiary/aromatic N) is 4. The van der Waals surface area contributed by atoms with Crippen LogP contribution in [0.2, 0.25) is 0 Å². The van der Waals surface area contributed by atoms with Gasteiger partial charge in [0.15, 0.2) is 0 Å². The molecule has 7 rings (SSSR count). The van der Waals surface area contributed by atoms with Crippen molar-refractivity contribution in [1.29, 1.82) is 0 Å². The maximum atomic E-state index is 15.1. The molecular formula is C45H55F3N6O10S. The van der Waals surface area contributed by atoms with Gasteiger partial charge in [-0.15, -0.1) is 0 Å². The smallest absolute Gasteiger partial charge is 0.408 e. The minimum absolute atomic E-state index is 0.0394. The molecule has 0 unspecified atom stereocenters. The maximum Gasteiger partial charge on any atom is 0.408 e. The first kappa shape index (κ1) is 47.3. The summed E-state index contributed by atoms with van der Waals surface area (Å²) < 4.78 is 89.4. The van der Waals surface area contributed by atoms with Crippen LogP contribution in [0.1, 0.15) is 79.6 Å². The Hall–Kier alpha value is -5.66. The molecule has 16 nitrogen and oxygen atoms in total. The van der Waals surface area contributed by atoms with Crippen LogP contribution in [0.3, 0.4) is 0 Å². The number of fused-ring (bicyclic) bond motifs is 3. The first-order chi connectivity index (χ1) is 30.6. The number of hydrogen-bond donors (Lipinski definition) is 3. The minimum Gasteiger partial charge on any atom is -0.497 e. The van der Waals surface area contributed by atoms with Crippen molar-refractivity contribution >= 4 is 44.6 Å². The summed E-state index contributed by atoms with van der Waals surface area (Å²) in [5, 5.41) is 13.5. The number of allylic oxidation sites excluding steroid dienone is 1. The number of amides is 4.